The van der Waals surface area contributed by atoms with E-state index in [4.69, 9.17) is 18.0 Å². The Kier molecular flexibility index (Phi) is 3.62. The number of rotatable bonds is 3. The molecule has 74 valence electrons. The summed E-state index contributed by atoms with van der Waals surface area (Å²) in [6.45, 7) is 4.06. The van der Waals surface area contributed by atoms with Gasteiger partial charge in [-0.1, -0.05) is 19.1 Å². The molecule has 13 heavy (non-hydrogen) atoms. The van der Waals surface area contributed by atoms with E-state index in [-0.39, 0.29) is 11.9 Å². The molecular weight excluding hydrogens is 186 g/mol. The third kappa shape index (κ3) is 2.63. The number of nitrogens with two attached hydrogens (primary N) is 1. The minimum Gasteiger partial charge on any atom is -0.392 e. The minimum atomic E-state index is -0.0600. The highest BCUT2D eigenvalue weighted by molar-refractivity contribution is 7.80. The summed E-state index contributed by atoms with van der Waals surface area (Å²) in [5.41, 5.74) is 5.44. The van der Waals surface area contributed by atoms with Crippen LogP contribution < -0.4 is 11.1 Å². The van der Waals surface area contributed by atoms with Gasteiger partial charge in [0, 0.05) is 19.6 Å². The van der Waals surface area contributed by atoms with E-state index in [1.165, 1.54) is 0 Å². The van der Waals surface area contributed by atoms with Crippen molar-refractivity contribution in [1.29, 1.82) is 0 Å². The van der Waals surface area contributed by atoms with Crippen molar-refractivity contribution in [2.24, 2.45) is 5.73 Å². The topological polar surface area (TPSA) is 58.4 Å². The largest absolute Gasteiger partial charge is 0.392 e. The van der Waals surface area contributed by atoms with Crippen LogP contribution in [0.3, 0.4) is 0 Å². The predicted octanol–water partition coefficient (Wildman–Crippen LogP) is -0.517. The van der Waals surface area contributed by atoms with Crippen LogP contribution in [-0.4, -0.2) is 41.5 Å². The maximum absolute atomic E-state index is 11.4. The van der Waals surface area contributed by atoms with Gasteiger partial charge in [-0.3, -0.25) is 9.69 Å². The molecular formula is C8H15N3OS. The lowest BCUT2D eigenvalue weighted by Crippen LogP contribution is -2.56. The van der Waals surface area contributed by atoms with Gasteiger partial charge in [0.2, 0.25) is 5.91 Å². The standard InChI is InChI=1S/C8H15N3OS/c1-2-6-8(12)10-3-4-11(6)5-7(9)13/h6H,2-5H2,1H3,(H2,9,13)(H,10,12). The van der Waals surface area contributed by atoms with E-state index in [1.54, 1.807) is 0 Å². The normalized spacial score (nSPS) is 24.1. The number of hydrogen-bond acceptors (Lipinski definition) is 3. The molecule has 4 nitrogen and oxygen atoms in total. The van der Waals surface area contributed by atoms with E-state index in [2.05, 4.69) is 5.32 Å². The first-order chi connectivity index (χ1) is 6.15. The van der Waals surface area contributed by atoms with Crippen LogP contribution in [0.15, 0.2) is 0 Å². The van der Waals surface area contributed by atoms with Crippen LogP contribution in [0.2, 0.25) is 0 Å². The number of carbonyl (C=O) groups is 1. The molecule has 1 saturated heterocycles. The predicted molar refractivity (Wildman–Crippen MR) is 55.4 cm³/mol. The van der Waals surface area contributed by atoms with Crippen molar-refractivity contribution in [3.05, 3.63) is 0 Å². The van der Waals surface area contributed by atoms with Crippen LogP contribution in [0.4, 0.5) is 0 Å². The second kappa shape index (κ2) is 4.53. The molecule has 0 bridgehead atoms. The second-order valence-corrected chi connectivity index (χ2v) is 3.68. The smallest absolute Gasteiger partial charge is 0.237 e. The molecule has 3 N–H and O–H groups in total. The van der Waals surface area contributed by atoms with E-state index >= 15 is 0 Å². The molecule has 0 aromatic heterocycles. The Labute approximate surface area is 83.5 Å². The molecule has 1 aliphatic rings. The monoisotopic (exact) mass is 201 g/mol. The number of amides is 1. The number of piperazine rings is 1. The molecule has 5 heteroatoms. The summed E-state index contributed by atoms with van der Waals surface area (Å²) in [6, 6.07) is -0.0600. The average molecular weight is 201 g/mol. The van der Waals surface area contributed by atoms with Crippen LogP contribution in [0.25, 0.3) is 0 Å². The summed E-state index contributed by atoms with van der Waals surface area (Å²) < 4.78 is 0. The van der Waals surface area contributed by atoms with Crippen LogP contribution in [-0.2, 0) is 4.79 Å². The van der Waals surface area contributed by atoms with E-state index < -0.39 is 0 Å². The lowest BCUT2D eigenvalue weighted by molar-refractivity contribution is -0.128. The Morgan fingerprint density at radius 1 is 1.85 bits per heavy atom. The van der Waals surface area contributed by atoms with Crippen molar-refractivity contribution in [3.8, 4) is 0 Å². The van der Waals surface area contributed by atoms with Gasteiger partial charge in [-0.25, -0.2) is 0 Å². The molecule has 0 spiro atoms. The Hall–Kier alpha value is -0.680. The highest BCUT2D eigenvalue weighted by atomic mass is 32.1. The number of carbonyl (C=O) groups excluding carboxylic acids is 1. The lowest BCUT2D eigenvalue weighted by Gasteiger charge is -2.33. The molecule has 1 fully saturated rings. The van der Waals surface area contributed by atoms with Crippen molar-refractivity contribution >= 4 is 23.1 Å². The molecule has 0 aromatic carbocycles. The Bertz CT molecular complexity index is 219. The first kappa shape index (κ1) is 10.4. The first-order valence-corrected chi connectivity index (χ1v) is 4.86. The van der Waals surface area contributed by atoms with Gasteiger partial charge >= 0.3 is 0 Å². The molecule has 1 unspecified atom stereocenters. The SMILES string of the molecule is CCC1C(=O)NCCN1CC(N)=S. The summed E-state index contributed by atoms with van der Waals surface area (Å²) in [5, 5.41) is 2.82. The number of nitrogens with zero attached hydrogens (tertiary/aromatic N) is 1. The van der Waals surface area contributed by atoms with Gasteiger partial charge in [0.05, 0.1) is 11.0 Å². The van der Waals surface area contributed by atoms with Crippen LogP contribution in [0, 0.1) is 0 Å². The third-order valence-electron chi connectivity index (χ3n) is 2.19. The highest BCUT2D eigenvalue weighted by Crippen LogP contribution is 2.07. The van der Waals surface area contributed by atoms with Crippen molar-refractivity contribution < 1.29 is 4.79 Å². The van der Waals surface area contributed by atoms with Crippen molar-refractivity contribution in [2.75, 3.05) is 19.6 Å². The Morgan fingerprint density at radius 3 is 3.08 bits per heavy atom. The molecule has 0 aliphatic carbocycles. The van der Waals surface area contributed by atoms with Gasteiger partial charge in [0.1, 0.15) is 0 Å². The fourth-order valence-electron chi connectivity index (χ4n) is 1.60. The van der Waals surface area contributed by atoms with Gasteiger partial charge in [-0.05, 0) is 6.42 Å². The molecule has 1 heterocycles. The summed E-state index contributed by atoms with van der Waals surface area (Å²) in [6.07, 6.45) is 0.800. The molecule has 0 saturated carbocycles. The number of hydrogen-bond donors (Lipinski definition) is 2. The van der Waals surface area contributed by atoms with Gasteiger partial charge in [-0.15, -0.1) is 0 Å². The zero-order valence-corrected chi connectivity index (χ0v) is 8.56. The van der Waals surface area contributed by atoms with Gasteiger partial charge < -0.3 is 11.1 Å². The van der Waals surface area contributed by atoms with E-state index in [0.29, 0.717) is 18.1 Å². The van der Waals surface area contributed by atoms with Crippen molar-refractivity contribution in [3.63, 3.8) is 0 Å². The van der Waals surface area contributed by atoms with Crippen molar-refractivity contribution in [2.45, 2.75) is 19.4 Å². The minimum absolute atomic E-state index is 0.0600. The van der Waals surface area contributed by atoms with Crippen LogP contribution in [0.5, 0.6) is 0 Å². The molecule has 1 atom stereocenters. The van der Waals surface area contributed by atoms with E-state index in [9.17, 15) is 4.79 Å². The Balaban J connectivity index is 2.59. The summed E-state index contributed by atoms with van der Waals surface area (Å²) in [5.74, 6) is 0.0880. The second-order valence-electron chi connectivity index (χ2n) is 3.15. The van der Waals surface area contributed by atoms with Gasteiger partial charge in [0.25, 0.3) is 0 Å². The summed E-state index contributed by atoms with van der Waals surface area (Å²) in [4.78, 5) is 13.9. The lowest BCUT2D eigenvalue weighted by atomic mass is 10.1. The Morgan fingerprint density at radius 2 is 2.54 bits per heavy atom. The molecule has 0 aromatic rings. The quantitative estimate of drug-likeness (QED) is 0.603. The zero-order chi connectivity index (χ0) is 9.84. The molecule has 1 rings (SSSR count). The van der Waals surface area contributed by atoms with E-state index in [0.717, 1.165) is 13.0 Å². The summed E-state index contributed by atoms with van der Waals surface area (Å²) >= 11 is 4.82. The fraction of sp³-hybridized carbons (Fsp3) is 0.750. The van der Waals surface area contributed by atoms with Gasteiger partial charge in [-0.2, -0.15) is 0 Å². The molecule has 0 radical (unpaired) electrons. The maximum Gasteiger partial charge on any atom is 0.237 e. The van der Waals surface area contributed by atoms with E-state index in [1.807, 2.05) is 11.8 Å². The molecule has 1 aliphatic heterocycles. The first-order valence-electron chi connectivity index (χ1n) is 4.45. The number of thiocarbonyl (C=S) groups is 1. The van der Waals surface area contributed by atoms with Crippen LogP contribution >= 0.6 is 12.2 Å². The fourth-order valence-corrected chi connectivity index (χ4v) is 1.76. The van der Waals surface area contributed by atoms with Crippen LogP contribution in [0.1, 0.15) is 13.3 Å². The van der Waals surface area contributed by atoms with Gasteiger partial charge in [0.15, 0.2) is 0 Å². The zero-order valence-electron chi connectivity index (χ0n) is 7.75. The highest BCUT2D eigenvalue weighted by Gasteiger charge is 2.27. The maximum atomic E-state index is 11.4. The molecule has 1 amide bonds. The third-order valence-corrected chi connectivity index (χ3v) is 2.32. The number of nitrogens with one attached hydrogen (secondary N) is 1. The average Bonchev–Trinajstić information content (AvgIpc) is 2.03. The van der Waals surface area contributed by atoms with Crippen molar-refractivity contribution in [1.82, 2.24) is 10.2 Å². The summed E-state index contributed by atoms with van der Waals surface area (Å²) in [7, 11) is 0.